The zero-order valence-corrected chi connectivity index (χ0v) is 13.3. The Morgan fingerprint density at radius 2 is 1.80 bits per heavy atom. The van der Waals surface area contributed by atoms with Crippen LogP contribution in [0.5, 0.6) is 0 Å². The predicted octanol–water partition coefficient (Wildman–Crippen LogP) is 3.82. The van der Waals surface area contributed by atoms with E-state index in [9.17, 15) is 0 Å². The molecule has 1 heterocycles. The highest BCUT2D eigenvalue weighted by Gasteiger charge is 1.96. The summed E-state index contributed by atoms with van der Waals surface area (Å²) in [7, 11) is 0. The summed E-state index contributed by atoms with van der Waals surface area (Å²) in [6.07, 6.45) is 4.64. The van der Waals surface area contributed by atoms with E-state index in [1.165, 1.54) is 5.56 Å². The van der Waals surface area contributed by atoms with E-state index in [0.29, 0.717) is 0 Å². The maximum absolute atomic E-state index is 5.84. The van der Waals surface area contributed by atoms with E-state index in [-0.39, 0.29) is 12.4 Å². The summed E-state index contributed by atoms with van der Waals surface area (Å²) in [5, 5.41) is 5.04. The van der Waals surface area contributed by atoms with Crippen LogP contribution in [0.25, 0.3) is 0 Å². The van der Waals surface area contributed by atoms with Crippen molar-refractivity contribution in [1.29, 1.82) is 0 Å². The number of thioether (sulfide) groups is 1. The van der Waals surface area contributed by atoms with Gasteiger partial charge in [-0.3, -0.25) is 0 Å². The van der Waals surface area contributed by atoms with E-state index in [2.05, 4.69) is 15.3 Å². The van der Waals surface area contributed by atoms with Gasteiger partial charge in [0, 0.05) is 29.7 Å². The second kappa shape index (κ2) is 10.00. The molecule has 0 saturated heterocycles. The van der Waals surface area contributed by atoms with Crippen molar-refractivity contribution in [3.8, 4) is 0 Å². The molecule has 0 atom stereocenters. The van der Waals surface area contributed by atoms with Gasteiger partial charge < -0.3 is 5.32 Å². The first-order valence-electron chi connectivity index (χ1n) is 6.19. The van der Waals surface area contributed by atoms with Crippen molar-refractivity contribution in [3.63, 3.8) is 0 Å². The molecule has 0 aliphatic carbocycles. The maximum atomic E-state index is 5.84. The third-order valence-electron chi connectivity index (χ3n) is 2.51. The normalized spacial score (nSPS) is 10.1. The summed E-state index contributed by atoms with van der Waals surface area (Å²) in [5.74, 6) is 1.03. The van der Waals surface area contributed by atoms with Crippen LogP contribution in [0.15, 0.2) is 47.9 Å². The highest BCUT2D eigenvalue weighted by molar-refractivity contribution is 7.99. The van der Waals surface area contributed by atoms with Crippen LogP contribution in [0.2, 0.25) is 5.02 Å². The lowest BCUT2D eigenvalue weighted by molar-refractivity contribution is 0.678. The lowest BCUT2D eigenvalue weighted by atomic mass is 10.2. The van der Waals surface area contributed by atoms with Crippen molar-refractivity contribution in [2.75, 3.05) is 12.3 Å². The zero-order valence-electron chi connectivity index (χ0n) is 11.0. The topological polar surface area (TPSA) is 37.8 Å². The fourth-order valence-electron chi connectivity index (χ4n) is 1.56. The summed E-state index contributed by atoms with van der Waals surface area (Å²) >= 11 is 7.53. The molecule has 1 aromatic carbocycles. The predicted molar refractivity (Wildman–Crippen MR) is 87.8 cm³/mol. The SMILES string of the molecule is Cl.Clc1ccc(CNCCCSc2ncccn2)cc1. The molecule has 0 aliphatic heterocycles. The number of nitrogens with one attached hydrogen (secondary N) is 1. The van der Waals surface area contributed by atoms with Crippen molar-refractivity contribution >= 4 is 35.8 Å². The van der Waals surface area contributed by atoms with Gasteiger partial charge in [-0.15, -0.1) is 12.4 Å². The van der Waals surface area contributed by atoms with E-state index in [4.69, 9.17) is 11.6 Å². The third kappa shape index (κ3) is 6.57. The summed E-state index contributed by atoms with van der Waals surface area (Å²) in [4.78, 5) is 8.34. The molecule has 0 amide bonds. The van der Waals surface area contributed by atoms with Crippen molar-refractivity contribution in [2.24, 2.45) is 0 Å². The first-order valence-corrected chi connectivity index (χ1v) is 7.56. The average molecular weight is 330 g/mol. The number of hydrogen-bond donors (Lipinski definition) is 1. The van der Waals surface area contributed by atoms with Gasteiger partial charge in [0.1, 0.15) is 0 Å². The van der Waals surface area contributed by atoms with E-state index < -0.39 is 0 Å². The molecule has 1 N–H and O–H groups in total. The molecular formula is C14H17Cl2N3S. The van der Waals surface area contributed by atoms with Crippen molar-refractivity contribution in [1.82, 2.24) is 15.3 Å². The Morgan fingerprint density at radius 1 is 1.10 bits per heavy atom. The number of nitrogens with zero attached hydrogens (tertiary/aromatic N) is 2. The van der Waals surface area contributed by atoms with Crippen LogP contribution < -0.4 is 5.32 Å². The standard InChI is InChI=1S/C14H16ClN3S.ClH/c15-13-5-3-12(4-6-13)11-16-7-2-10-19-14-17-8-1-9-18-14;/h1,3-6,8-9,16H,2,7,10-11H2;1H. The molecule has 20 heavy (non-hydrogen) atoms. The minimum Gasteiger partial charge on any atom is -0.313 e. The Labute approximate surface area is 135 Å². The first-order chi connectivity index (χ1) is 9.34. The molecule has 0 spiro atoms. The van der Waals surface area contributed by atoms with Gasteiger partial charge in [0.25, 0.3) is 0 Å². The Morgan fingerprint density at radius 3 is 2.50 bits per heavy atom. The van der Waals surface area contributed by atoms with Gasteiger partial charge in [-0.2, -0.15) is 0 Å². The fourth-order valence-corrected chi connectivity index (χ4v) is 2.42. The molecule has 0 bridgehead atoms. The van der Waals surface area contributed by atoms with Crippen LogP contribution in [0.3, 0.4) is 0 Å². The van der Waals surface area contributed by atoms with Crippen LogP contribution in [-0.2, 0) is 6.54 Å². The van der Waals surface area contributed by atoms with Gasteiger partial charge >= 0.3 is 0 Å². The molecule has 0 saturated carbocycles. The number of halogens is 2. The maximum Gasteiger partial charge on any atom is 0.187 e. The average Bonchev–Trinajstić information content (AvgIpc) is 2.46. The lowest BCUT2D eigenvalue weighted by Crippen LogP contribution is -2.15. The quantitative estimate of drug-likeness (QED) is 0.476. The summed E-state index contributed by atoms with van der Waals surface area (Å²) in [6, 6.07) is 9.75. The lowest BCUT2D eigenvalue weighted by Gasteiger charge is -2.04. The molecular weight excluding hydrogens is 313 g/mol. The van der Waals surface area contributed by atoms with Crippen LogP contribution in [0.1, 0.15) is 12.0 Å². The van der Waals surface area contributed by atoms with Crippen LogP contribution in [-0.4, -0.2) is 22.3 Å². The highest BCUT2D eigenvalue weighted by atomic mass is 35.5. The van der Waals surface area contributed by atoms with Gasteiger partial charge in [-0.05, 0) is 36.7 Å². The van der Waals surface area contributed by atoms with Crippen molar-refractivity contribution in [2.45, 2.75) is 18.1 Å². The summed E-state index contributed by atoms with van der Waals surface area (Å²) < 4.78 is 0. The van der Waals surface area contributed by atoms with E-state index in [1.807, 2.05) is 30.3 Å². The Balaban J connectivity index is 0.00000200. The van der Waals surface area contributed by atoms with E-state index in [1.54, 1.807) is 24.2 Å². The Bertz CT molecular complexity index is 480. The molecule has 0 fully saturated rings. The Hall–Kier alpha value is -0.810. The van der Waals surface area contributed by atoms with Crippen LogP contribution in [0.4, 0.5) is 0 Å². The van der Waals surface area contributed by atoms with Gasteiger partial charge in [0.05, 0.1) is 0 Å². The van der Waals surface area contributed by atoms with E-state index >= 15 is 0 Å². The minimum absolute atomic E-state index is 0. The number of rotatable bonds is 7. The van der Waals surface area contributed by atoms with Crippen LogP contribution in [0, 0.1) is 0 Å². The first kappa shape index (κ1) is 17.2. The molecule has 0 aliphatic rings. The molecule has 1 aromatic heterocycles. The number of hydrogen-bond acceptors (Lipinski definition) is 4. The second-order valence-corrected chi connectivity index (χ2v) is 5.54. The van der Waals surface area contributed by atoms with E-state index in [0.717, 1.165) is 35.4 Å². The molecule has 0 unspecified atom stereocenters. The molecule has 2 aromatic rings. The smallest absolute Gasteiger partial charge is 0.187 e. The van der Waals surface area contributed by atoms with Gasteiger partial charge in [-0.1, -0.05) is 35.5 Å². The van der Waals surface area contributed by atoms with Gasteiger partial charge in [0.15, 0.2) is 5.16 Å². The highest BCUT2D eigenvalue weighted by Crippen LogP contribution is 2.12. The number of benzene rings is 1. The second-order valence-electron chi connectivity index (χ2n) is 4.04. The Kier molecular flexibility index (Phi) is 8.62. The van der Waals surface area contributed by atoms with Crippen molar-refractivity contribution < 1.29 is 0 Å². The fraction of sp³-hybridized carbons (Fsp3) is 0.286. The summed E-state index contributed by atoms with van der Waals surface area (Å²) in [5.41, 5.74) is 1.25. The number of aromatic nitrogens is 2. The van der Waals surface area contributed by atoms with Gasteiger partial charge in [-0.25, -0.2) is 9.97 Å². The zero-order chi connectivity index (χ0) is 13.3. The largest absolute Gasteiger partial charge is 0.313 e. The molecule has 2 rings (SSSR count). The summed E-state index contributed by atoms with van der Waals surface area (Å²) in [6.45, 7) is 1.87. The minimum atomic E-state index is 0. The third-order valence-corrected chi connectivity index (χ3v) is 3.73. The van der Waals surface area contributed by atoms with Crippen LogP contribution >= 0.6 is 35.8 Å². The molecule has 108 valence electrons. The molecule has 6 heteroatoms. The van der Waals surface area contributed by atoms with Crippen molar-refractivity contribution in [3.05, 3.63) is 53.3 Å². The monoisotopic (exact) mass is 329 g/mol. The molecule has 0 radical (unpaired) electrons. The van der Waals surface area contributed by atoms with Gasteiger partial charge in [0.2, 0.25) is 0 Å². The molecule has 3 nitrogen and oxygen atoms in total.